The molecule has 3 aromatic carbocycles. The molecule has 0 N–H and O–H groups in total. The number of hydrogen-bond acceptors (Lipinski definition) is 4. The lowest BCUT2D eigenvalue weighted by Gasteiger charge is -2.05. The summed E-state index contributed by atoms with van der Waals surface area (Å²) in [5.74, 6) is 0.493. The second-order valence-corrected chi connectivity index (χ2v) is 6.84. The Balaban J connectivity index is 1.48. The Morgan fingerprint density at radius 1 is 1.00 bits per heavy atom. The van der Waals surface area contributed by atoms with E-state index in [1.807, 2.05) is 19.1 Å². The molecule has 0 fully saturated rings. The van der Waals surface area contributed by atoms with Gasteiger partial charge in [-0.05, 0) is 61.0 Å². The summed E-state index contributed by atoms with van der Waals surface area (Å²) in [6, 6.07) is 18.9. The quantitative estimate of drug-likeness (QED) is 0.337. The van der Waals surface area contributed by atoms with Gasteiger partial charge in [-0.2, -0.15) is 0 Å². The second-order valence-electron chi connectivity index (χ2n) is 6.40. The summed E-state index contributed by atoms with van der Waals surface area (Å²) in [7, 11) is 0. The molecule has 28 heavy (non-hydrogen) atoms. The van der Waals surface area contributed by atoms with Gasteiger partial charge < -0.3 is 9.47 Å². The standard InChI is InChI=1S/C23H15ClO4/c1-14-2-6-16(7-3-14)23(26)27-18-9-4-15(5-10-18)12-21-22(25)19-13-17(24)8-11-20(19)28-21/h2-13H,1H3/b21-12+. The Bertz CT molecular complexity index is 1100. The summed E-state index contributed by atoms with van der Waals surface area (Å²) >= 11 is 5.94. The van der Waals surface area contributed by atoms with Crippen molar-refractivity contribution >= 4 is 29.4 Å². The number of benzene rings is 3. The van der Waals surface area contributed by atoms with Crippen LogP contribution in [0.2, 0.25) is 5.02 Å². The number of esters is 1. The normalized spacial score (nSPS) is 13.9. The molecule has 0 aromatic heterocycles. The van der Waals surface area contributed by atoms with Gasteiger partial charge in [-0.1, -0.05) is 41.4 Å². The molecule has 5 heteroatoms. The van der Waals surface area contributed by atoms with E-state index in [1.54, 1.807) is 60.7 Å². The van der Waals surface area contributed by atoms with Gasteiger partial charge in [0, 0.05) is 5.02 Å². The highest BCUT2D eigenvalue weighted by molar-refractivity contribution is 6.31. The molecule has 3 aromatic rings. The molecule has 1 aliphatic heterocycles. The predicted octanol–water partition coefficient (Wildman–Crippen LogP) is 5.48. The van der Waals surface area contributed by atoms with E-state index in [1.165, 1.54) is 0 Å². The molecule has 0 bridgehead atoms. The van der Waals surface area contributed by atoms with E-state index in [0.29, 0.717) is 27.6 Å². The molecule has 138 valence electrons. The highest BCUT2D eigenvalue weighted by Crippen LogP contribution is 2.33. The van der Waals surface area contributed by atoms with E-state index < -0.39 is 5.97 Å². The number of hydrogen-bond donors (Lipinski definition) is 0. The minimum atomic E-state index is -0.423. The van der Waals surface area contributed by atoms with E-state index in [-0.39, 0.29) is 11.5 Å². The van der Waals surface area contributed by atoms with Gasteiger partial charge in [-0.15, -0.1) is 0 Å². The van der Waals surface area contributed by atoms with Crippen molar-refractivity contribution in [1.82, 2.24) is 0 Å². The smallest absolute Gasteiger partial charge is 0.343 e. The summed E-state index contributed by atoms with van der Waals surface area (Å²) in [5.41, 5.74) is 2.75. The van der Waals surface area contributed by atoms with E-state index in [2.05, 4.69) is 0 Å². The van der Waals surface area contributed by atoms with Crippen molar-refractivity contribution < 1.29 is 19.1 Å². The maximum atomic E-state index is 12.4. The van der Waals surface area contributed by atoms with E-state index in [9.17, 15) is 9.59 Å². The summed E-state index contributed by atoms with van der Waals surface area (Å²) in [4.78, 5) is 24.6. The molecule has 0 saturated carbocycles. The lowest BCUT2D eigenvalue weighted by Crippen LogP contribution is -2.08. The molecule has 0 aliphatic carbocycles. The molecule has 1 aliphatic rings. The first-order valence-electron chi connectivity index (χ1n) is 8.62. The number of ketones is 1. The number of carbonyl (C=O) groups excluding carboxylic acids is 2. The summed E-state index contributed by atoms with van der Waals surface area (Å²) < 4.78 is 11.0. The van der Waals surface area contributed by atoms with Gasteiger partial charge in [0.2, 0.25) is 5.78 Å². The third-order valence-electron chi connectivity index (χ3n) is 4.31. The predicted molar refractivity (Wildman–Crippen MR) is 107 cm³/mol. The van der Waals surface area contributed by atoms with Gasteiger partial charge in [-0.25, -0.2) is 4.79 Å². The summed E-state index contributed by atoms with van der Waals surface area (Å²) in [6.45, 7) is 1.95. The Labute approximate surface area is 167 Å². The van der Waals surface area contributed by atoms with Crippen LogP contribution in [0.4, 0.5) is 0 Å². The van der Waals surface area contributed by atoms with Gasteiger partial charge in [0.15, 0.2) is 5.76 Å². The Morgan fingerprint density at radius 2 is 1.71 bits per heavy atom. The number of ether oxygens (including phenoxy) is 2. The van der Waals surface area contributed by atoms with E-state index >= 15 is 0 Å². The minimum absolute atomic E-state index is 0.215. The fourth-order valence-electron chi connectivity index (χ4n) is 2.80. The van der Waals surface area contributed by atoms with Gasteiger partial charge in [0.25, 0.3) is 0 Å². The zero-order valence-electron chi connectivity index (χ0n) is 14.9. The monoisotopic (exact) mass is 390 g/mol. The van der Waals surface area contributed by atoms with Gasteiger partial charge >= 0.3 is 5.97 Å². The SMILES string of the molecule is Cc1ccc(C(=O)Oc2ccc(/C=C3/Oc4ccc(Cl)cc4C3=O)cc2)cc1. The number of Topliss-reactive ketones (excluding diaryl/α,β-unsaturated/α-hetero) is 1. The number of carbonyl (C=O) groups is 2. The molecule has 4 nitrogen and oxygen atoms in total. The minimum Gasteiger partial charge on any atom is -0.452 e. The van der Waals surface area contributed by atoms with Crippen LogP contribution in [0.5, 0.6) is 11.5 Å². The zero-order valence-corrected chi connectivity index (χ0v) is 15.7. The van der Waals surface area contributed by atoms with Crippen LogP contribution in [-0.4, -0.2) is 11.8 Å². The molecular weight excluding hydrogens is 376 g/mol. The first-order chi connectivity index (χ1) is 13.5. The first-order valence-corrected chi connectivity index (χ1v) is 9.00. The average Bonchev–Trinajstić information content (AvgIpc) is 2.99. The van der Waals surface area contributed by atoms with Crippen LogP contribution in [-0.2, 0) is 0 Å². The lowest BCUT2D eigenvalue weighted by atomic mass is 10.1. The maximum Gasteiger partial charge on any atom is 0.343 e. The average molecular weight is 391 g/mol. The van der Waals surface area contributed by atoms with Crippen LogP contribution in [0, 0.1) is 6.92 Å². The Kier molecular flexibility index (Phi) is 4.72. The van der Waals surface area contributed by atoms with Crippen molar-refractivity contribution in [3.05, 3.63) is 99.8 Å². The topological polar surface area (TPSA) is 52.6 Å². The number of allylic oxidation sites excluding steroid dienone is 1. The molecule has 0 saturated heterocycles. The second kappa shape index (κ2) is 7.33. The number of halogens is 1. The van der Waals surface area contributed by atoms with E-state index in [4.69, 9.17) is 21.1 Å². The fraction of sp³-hybridized carbons (Fsp3) is 0.0435. The molecule has 0 amide bonds. The van der Waals surface area contributed by atoms with Crippen LogP contribution >= 0.6 is 11.6 Å². The highest BCUT2D eigenvalue weighted by atomic mass is 35.5. The molecular formula is C23H15ClO4. The number of rotatable bonds is 3. The molecule has 0 unspecified atom stereocenters. The Hall–Kier alpha value is -3.37. The first kappa shape index (κ1) is 18.0. The highest BCUT2D eigenvalue weighted by Gasteiger charge is 2.27. The van der Waals surface area contributed by atoms with Crippen molar-refractivity contribution in [2.75, 3.05) is 0 Å². The molecule has 0 radical (unpaired) electrons. The van der Waals surface area contributed by atoms with Gasteiger partial charge in [0.05, 0.1) is 11.1 Å². The lowest BCUT2D eigenvalue weighted by molar-refractivity contribution is 0.0734. The van der Waals surface area contributed by atoms with Crippen LogP contribution in [0.25, 0.3) is 6.08 Å². The van der Waals surface area contributed by atoms with Crippen LogP contribution in [0.1, 0.15) is 31.8 Å². The van der Waals surface area contributed by atoms with Crippen molar-refractivity contribution in [1.29, 1.82) is 0 Å². The third kappa shape index (κ3) is 3.68. The van der Waals surface area contributed by atoms with Gasteiger partial charge in [0.1, 0.15) is 11.5 Å². The van der Waals surface area contributed by atoms with Crippen molar-refractivity contribution in [3.63, 3.8) is 0 Å². The molecule has 4 rings (SSSR count). The van der Waals surface area contributed by atoms with Crippen molar-refractivity contribution in [3.8, 4) is 11.5 Å². The number of aryl methyl sites for hydroxylation is 1. The van der Waals surface area contributed by atoms with Gasteiger partial charge in [-0.3, -0.25) is 4.79 Å². The third-order valence-corrected chi connectivity index (χ3v) is 4.54. The van der Waals surface area contributed by atoms with Crippen molar-refractivity contribution in [2.24, 2.45) is 0 Å². The molecule has 0 atom stereocenters. The molecule has 1 heterocycles. The zero-order chi connectivity index (χ0) is 19.7. The van der Waals surface area contributed by atoms with Crippen LogP contribution < -0.4 is 9.47 Å². The summed E-state index contributed by atoms with van der Waals surface area (Å²) in [5, 5.41) is 0.483. The summed E-state index contributed by atoms with van der Waals surface area (Å²) in [6.07, 6.45) is 1.64. The number of fused-ring (bicyclic) bond motifs is 1. The van der Waals surface area contributed by atoms with Crippen molar-refractivity contribution in [2.45, 2.75) is 6.92 Å². The largest absolute Gasteiger partial charge is 0.452 e. The Morgan fingerprint density at radius 3 is 2.43 bits per heavy atom. The maximum absolute atomic E-state index is 12.4. The van der Waals surface area contributed by atoms with Crippen LogP contribution in [0.15, 0.2) is 72.5 Å². The van der Waals surface area contributed by atoms with E-state index in [0.717, 1.165) is 11.1 Å². The van der Waals surface area contributed by atoms with Crippen LogP contribution in [0.3, 0.4) is 0 Å². The fourth-order valence-corrected chi connectivity index (χ4v) is 2.97. The molecule has 0 spiro atoms.